The normalized spacial score (nSPS) is 9.89. The molecule has 1 heterocycles. The lowest BCUT2D eigenvalue weighted by molar-refractivity contribution is 0.484. The number of hydrogen-bond donors (Lipinski definition) is 1. The third kappa shape index (κ3) is 1.45. The lowest BCUT2D eigenvalue weighted by Gasteiger charge is -1.91. The van der Waals surface area contributed by atoms with Crippen molar-refractivity contribution in [3.05, 3.63) is 17.0 Å². The van der Waals surface area contributed by atoms with Gasteiger partial charge in [0.05, 0.1) is 0 Å². The maximum Gasteiger partial charge on any atom is 0.174 e. The second-order valence-electron chi connectivity index (χ2n) is 2.00. The zero-order chi connectivity index (χ0) is 6.69. The summed E-state index contributed by atoms with van der Waals surface area (Å²) in [6.07, 6.45) is 2.10. The molecule has 0 bridgehead atoms. The standard InChI is InChI=1S/C7H10OS/c1-2-3-6-4-5-9-7(6)8/h4-5,8H,2-3H2,1H3. The molecule has 0 unspecified atom stereocenters. The highest BCUT2D eigenvalue weighted by atomic mass is 32.1. The molecule has 0 aliphatic carbocycles. The summed E-state index contributed by atoms with van der Waals surface area (Å²) in [4.78, 5) is 0. The van der Waals surface area contributed by atoms with Gasteiger partial charge in [0, 0.05) is 5.56 Å². The van der Waals surface area contributed by atoms with Crippen molar-refractivity contribution in [3.8, 4) is 5.06 Å². The first-order chi connectivity index (χ1) is 4.34. The third-order valence-electron chi connectivity index (χ3n) is 1.24. The Morgan fingerprint density at radius 1 is 1.67 bits per heavy atom. The minimum atomic E-state index is 0.483. The highest BCUT2D eigenvalue weighted by Crippen LogP contribution is 2.24. The smallest absolute Gasteiger partial charge is 0.174 e. The summed E-state index contributed by atoms with van der Waals surface area (Å²) in [6.45, 7) is 2.11. The van der Waals surface area contributed by atoms with E-state index in [1.165, 1.54) is 11.3 Å². The predicted octanol–water partition coefficient (Wildman–Crippen LogP) is 2.41. The summed E-state index contributed by atoms with van der Waals surface area (Å²) >= 11 is 1.40. The Morgan fingerprint density at radius 2 is 2.44 bits per heavy atom. The van der Waals surface area contributed by atoms with Crippen LogP contribution in [0, 0.1) is 0 Å². The van der Waals surface area contributed by atoms with Crippen molar-refractivity contribution in [3.63, 3.8) is 0 Å². The fourth-order valence-corrected chi connectivity index (χ4v) is 1.47. The number of aromatic hydroxyl groups is 1. The Labute approximate surface area is 59.0 Å². The highest BCUT2D eigenvalue weighted by molar-refractivity contribution is 7.11. The van der Waals surface area contributed by atoms with Crippen LogP contribution in [0.1, 0.15) is 18.9 Å². The molecule has 0 spiro atoms. The van der Waals surface area contributed by atoms with E-state index in [0.717, 1.165) is 18.4 Å². The van der Waals surface area contributed by atoms with Crippen molar-refractivity contribution in [2.24, 2.45) is 0 Å². The number of thiophene rings is 1. The van der Waals surface area contributed by atoms with E-state index in [1.807, 2.05) is 11.4 Å². The molecule has 0 fully saturated rings. The van der Waals surface area contributed by atoms with Gasteiger partial charge in [-0.2, -0.15) is 0 Å². The molecule has 1 nitrogen and oxygen atoms in total. The molecule has 0 aliphatic rings. The van der Waals surface area contributed by atoms with Crippen molar-refractivity contribution in [1.29, 1.82) is 0 Å². The van der Waals surface area contributed by atoms with Crippen molar-refractivity contribution >= 4 is 11.3 Å². The summed E-state index contributed by atoms with van der Waals surface area (Å²) in [5, 5.41) is 11.5. The third-order valence-corrected chi connectivity index (χ3v) is 2.00. The Morgan fingerprint density at radius 3 is 2.89 bits per heavy atom. The Kier molecular flexibility index (Phi) is 2.11. The van der Waals surface area contributed by atoms with Crippen molar-refractivity contribution in [2.45, 2.75) is 19.8 Å². The Hall–Kier alpha value is -0.500. The maximum absolute atomic E-state index is 9.10. The molecule has 0 saturated carbocycles. The molecular weight excluding hydrogens is 132 g/mol. The average Bonchev–Trinajstić information content (AvgIpc) is 2.18. The first kappa shape index (κ1) is 6.62. The first-order valence-electron chi connectivity index (χ1n) is 3.10. The number of rotatable bonds is 2. The van der Waals surface area contributed by atoms with Gasteiger partial charge in [-0.25, -0.2) is 0 Å². The first-order valence-corrected chi connectivity index (χ1v) is 3.98. The van der Waals surface area contributed by atoms with E-state index in [-0.39, 0.29) is 0 Å². The van der Waals surface area contributed by atoms with E-state index >= 15 is 0 Å². The van der Waals surface area contributed by atoms with E-state index in [0.29, 0.717) is 5.06 Å². The van der Waals surface area contributed by atoms with Crippen LogP contribution in [0.4, 0.5) is 0 Å². The van der Waals surface area contributed by atoms with Crippen LogP contribution in [-0.4, -0.2) is 5.11 Å². The quantitative estimate of drug-likeness (QED) is 0.672. The molecule has 0 saturated heterocycles. The van der Waals surface area contributed by atoms with Crippen LogP contribution in [0.15, 0.2) is 11.4 Å². The molecule has 1 aromatic rings. The molecule has 0 aliphatic heterocycles. The fraction of sp³-hybridized carbons (Fsp3) is 0.429. The zero-order valence-corrected chi connectivity index (χ0v) is 6.24. The van der Waals surface area contributed by atoms with Gasteiger partial charge in [-0.05, 0) is 17.9 Å². The van der Waals surface area contributed by atoms with Crippen molar-refractivity contribution in [2.75, 3.05) is 0 Å². The van der Waals surface area contributed by atoms with Crippen LogP contribution < -0.4 is 0 Å². The van der Waals surface area contributed by atoms with Crippen molar-refractivity contribution < 1.29 is 5.11 Å². The van der Waals surface area contributed by atoms with Gasteiger partial charge in [0.15, 0.2) is 5.06 Å². The zero-order valence-electron chi connectivity index (χ0n) is 5.42. The summed E-state index contributed by atoms with van der Waals surface area (Å²) in [5.74, 6) is 0. The van der Waals surface area contributed by atoms with Gasteiger partial charge in [-0.1, -0.05) is 13.3 Å². The lowest BCUT2D eigenvalue weighted by Crippen LogP contribution is -1.76. The van der Waals surface area contributed by atoms with E-state index in [2.05, 4.69) is 6.92 Å². The molecule has 1 aromatic heterocycles. The number of hydrogen-bond acceptors (Lipinski definition) is 2. The monoisotopic (exact) mass is 142 g/mol. The van der Waals surface area contributed by atoms with Crippen LogP contribution in [-0.2, 0) is 6.42 Å². The van der Waals surface area contributed by atoms with Gasteiger partial charge in [0.25, 0.3) is 0 Å². The summed E-state index contributed by atoms with van der Waals surface area (Å²) < 4.78 is 0. The van der Waals surface area contributed by atoms with Gasteiger partial charge in [-0.3, -0.25) is 0 Å². The largest absolute Gasteiger partial charge is 0.499 e. The second kappa shape index (κ2) is 2.87. The van der Waals surface area contributed by atoms with Gasteiger partial charge < -0.3 is 5.11 Å². The minimum absolute atomic E-state index is 0.483. The van der Waals surface area contributed by atoms with E-state index in [4.69, 9.17) is 5.11 Å². The molecule has 50 valence electrons. The fourth-order valence-electron chi connectivity index (χ4n) is 0.787. The molecule has 1 N–H and O–H groups in total. The van der Waals surface area contributed by atoms with Gasteiger partial charge in [-0.15, -0.1) is 11.3 Å². The van der Waals surface area contributed by atoms with Gasteiger partial charge in [0.1, 0.15) is 0 Å². The van der Waals surface area contributed by atoms with Crippen LogP contribution in [0.3, 0.4) is 0 Å². The topological polar surface area (TPSA) is 20.2 Å². The molecular formula is C7H10OS. The average molecular weight is 142 g/mol. The van der Waals surface area contributed by atoms with E-state index in [1.54, 1.807) is 0 Å². The number of aryl methyl sites for hydroxylation is 1. The molecule has 1 rings (SSSR count). The predicted molar refractivity (Wildman–Crippen MR) is 40.0 cm³/mol. The van der Waals surface area contributed by atoms with E-state index in [9.17, 15) is 0 Å². The van der Waals surface area contributed by atoms with Crippen LogP contribution in [0.2, 0.25) is 0 Å². The summed E-state index contributed by atoms with van der Waals surface area (Å²) in [5.41, 5.74) is 1.09. The van der Waals surface area contributed by atoms with Gasteiger partial charge in [0.2, 0.25) is 0 Å². The van der Waals surface area contributed by atoms with Crippen molar-refractivity contribution in [1.82, 2.24) is 0 Å². The molecule has 0 amide bonds. The summed E-state index contributed by atoms with van der Waals surface area (Å²) in [6, 6.07) is 1.98. The van der Waals surface area contributed by atoms with E-state index < -0.39 is 0 Å². The Bertz CT molecular complexity index is 181. The maximum atomic E-state index is 9.10. The lowest BCUT2D eigenvalue weighted by atomic mass is 10.2. The minimum Gasteiger partial charge on any atom is -0.499 e. The second-order valence-corrected chi connectivity index (χ2v) is 2.90. The highest BCUT2D eigenvalue weighted by Gasteiger charge is 1.98. The van der Waals surface area contributed by atoms with Crippen LogP contribution >= 0.6 is 11.3 Å². The molecule has 0 radical (unpaired) electrons. The van der Waals surface area contributed by atoms with Crippen LogP contribution in [0.5, 0.6) is 5.06 Å². The van der Waals surface area contributed by atoms with Crippen LogP contribution in [0.25, 0.3) is 0 Å². The molecule has 9 heavy (non-hydrogen) atoms. The Balaban J connectivity index is 2.69. The molecule has 0 atom stereocenters. The van der Waals surface area contributed by atoms with Gasteiger partial charge >= 0.3 is 0 Å². The SMILES string of the molecule is CCCc1ccsc1O. The molecule has 0 aromatic carbocycles. The molecule has 2 heteroatoms. The summed E-state index contributed by atoms with van der Waals surface area (Å²) in [7, 11) is 0.